The van der Waals surface area contributed by atoms with Crippen molar-refractivity contribution < 1.29 is 4.74 Å². The third kappa shape index (κ3) is 2.80. The Balaban J connectivity index is 1.31. The summed E-state index contributed by atoms with van der Waals surface area (Å²) in [5.41, 5.74) is 4.99. The molecule has 4 aromatic rings. The molecule has 4 aromatic heterocycles. The van der Waals surface area contributed by atoms with Crippen molar-refractivity contribution in [1.29, 1.82) is 0 Å². The van der Waals surface area contributed by atoms with E-state index < -0.39 is 0 Å². The van der Waals surface area contributed by atoms with Crippen LogP contribution in [-0.4, -0.2) is 49.5 Å². The molecule has 0 saturated carbocycles. The molecule has 152 valence electrons. The standard InChI is InChI=1S/C21H21N7OS/c1-14-10-17(20-25-24-13-28(20)26-14)27-7-3-21(4-8-27)19-15(2-9-29-21)11-18(30-19)16-12-22-5-6-23-16/h5-6,10-13H,2-4,7-9H2,1H3. The number of thiophene rings is 1. The highest BCUT2D eigenvalue weighted by molar-refractivity contribution is 7.15. The Morgan fingerprint density at radius 1 is 1.17 bits per heavy atom. The van der Waals surface area contributed by atoms with E-state index in [2.05, 4.69) is 42.3 Å². The molecular weight excluding hydrogens is 398 g/mol. The van der Waals surface area contributed by atoms with Gasteiger partial charge in [0.05, 0.1) is 34.8 Å². The molecule has 0 bridgehead atoms. The van der Waals surface area contributed by atoms with Crippen molar-refractivity contribution in [3.8, 4) is 10.6 Å². The summed E-state index contributed by atoms with van der Waals surface area (Å²) < 4.78 is 8.23. The van der Waals surface area contributed by atoms with Gasteiger partial charge >= 0.3 is 0 Å². The molecular formula is C21H21N7OS. The lowest BCUT2D eigenvalue weighted by molar-refractivity contribution is -0.0734. The van der Waals surface area contributed by atoms with Crippen LogP contribution in [0.4, 0.5) is 5.69 Å². The molecule has 2 aliphatic rings. The van der Waals surface area contributed by atoms with E-state index in [1.165, 1.54) is 15.3 Å². The molecule has 0 unspecified atom stereocenters. The second-order valence-corrected chi connectivity index (χ2v) is 8.96. The van der Waals surface area contributed by atoms with E-state index in [0.29, 0.717) is 0 Å². The number of aromatic nitrogens is 6. The number of ether oxygens (including phenoxy) is 1. The van der Waals surface area contributed by atoms with Crippen LogP contribution in [0.5, 0.6) is 0 Å². The van der Waals surface area contributed by atoms with Gasteiger partial charge in [-0.15, -0.1) is 21.5 Å². The van der Waals surface area contributed by atoms with Crippen LogP contribution in [0, 0.1) is 6.92 Å². The zero-order valence-electron chi connectivity index (χ0n) is 16.7. The van der Waals surface area contributed by atoms with Crippen molar-refractivity contribution in [1.82, 2.24) is 29.8 Å². The first-order valence-electron chi connectivity index (χ1n) is 10.2. The van der Waals surface area contributed by atoms with Crippen LogP contribution in [0.2, 0.25) is 0 Å². The van der Waals surface area contributed by atoms with Crippen molar-refractivity contribution in [2.24, 2.45) is 0 Å². The zero-order valence-corrected chi connectivity index (χ0v) is 17.5. The van der Waals surface area contributed by atoms with Crippen molar-refractivity contribution >= 4 is 22.7 Å². The summed E-state index contributed by atoms with van der Waals surface area (Å²) in [4.78, 5) is 13.7. The minimum atomic E-state index is -0.207. The average Bonchev–Trinajstić information content (AvgIpc) is 3.42. The molecule has 1 spiro atoms. The first-order valence-corrected chi connectivity index (χ1v) is 11.0. The fourth-order valence-corrected chi connectivity index (χ4v) is 5.99. The lowest BCUT2D eigenvalue weighted by atomic mass is 9.85. The molecule has 1 fully saturated rings. The van der Waals surface area contributed by atoms with E-state index in [1.807, 2.05) is 24.5 Å². The molecule has 30 heavy (non-hydrogen) atoms. The summed E-state index contributed by atoms with van der Waals surface area (Å²) in [6, 6.07) is 4.39. The van der Waals surface area contributed by atoms with Gasteiger partial charge in [0.25, 0.3) is 0 Å². The van der Waals surface area contributed by atoms with E-state index in [4.69, 9.17) is 4.74 Å². The van der Waals surface area contributed by atoms with Gasteiger partial charge in [0, 0.05) is 30.4 Å². The van der Waals surface area contributed by atoms with E-state index in [1.54, 1.807) is 23.2 Å². The first kappa shape index (κ1) is 17.9. The van der Waals surface area contributed by atoms with Crippen LogP contribution in [0.1, 0.15) is 29.0 Å². The van der Waals surface area contributed by atoms with Crippen LogP contribution in [0.3, 0.4) is 0 Å². The molecule has 0 aliphatic carbocycles. The quantitative estimate of drug-likeness (QED) is 0.494. The topological polar surface area (TPSA) is 81.3 Å². The number of rotatable bonds is 2. The normalized spacial score (nSPS) is 18.1. The Kier molecular flexibility index (Phi) is 4.07. The van der Waals surface area contributed by atoms with Crippen LogP contribution in [0.25, 0.3) is 16.2 Å². The average molecular weight is 420 g/mol. The second kappa shape index (κ2) is 6.82. The van der Waals surface area contributed by atoms with Gasteiger partial charge in [-0.2, -0.15) is 9.61 Å². The molecule has 8 nitrogen and oxygen atoms in total. The van der Waals surface area contributed by atoms with E-state index in [-0.39, 0.29) is 5.60 Å². The number of nitrogens with zero attached hydrogens (tertiary/aromatic N) is 7. The van der Waals surface area contributed by atoms with Gasteiger partial charge in [0.15, 0.2) is 0 Å². The molecule has 0 N–H and O–H groups in total. The summed E-state index contributed by atoms with van der Waals surface area (Å²) >= 11 is 1.81. The second-order valence-electron chi connectivity index (χ2n) is 7.91. The van der Waals surface area contributed by atoms with E-state index in [0.717, 1.165) is 61.7 Å². The van der Waals surface area contributed by atoms with Crippen LogP contribution >= 0.6 is 11.3 Å². The van der Waals surface area contributed by atoms with Gasteiger partial charge in [-0.3, -0.25) is 9.97 Å². The van der Waals surface area contributed by atoms with Crippen molar-refractivity contribution in [2.45, 2.75) is 31.8 Å². The van der Waals surface area contributed by atoms with Crippen LogP contribution in [0.15, 0.2) is 37.1 Å². The lowest BCUT2D eigenvalue weighted by Crippen LogP contribution is -2.46. The molecule has 0 radical (unpaired) electrons. The monoisotopic (exact) mass is 419 g/mol. The third-order valence-electron chi connectivity index (χ3n) is 6.07. The highest BCUT2D eigenvalue weighted by Gasteiger charge is 2.43. The van der Waals surface area contributed by atoms with Gasteiger partial charge in [-0.1, -0.05) is 0 Å². The summed E-state index contributed by atoms with van der Waals surface area (Å²) in [7, 11) is 0. The zero-order chi connectivity index (χ0) is 20.1. The Morgan fingerprint density at radius 2 is 2.07 bits per heavy atom. The molecule has 6 heterocycles. The fraction of sp³-hybridized carbons (Fsp3) is 0.381. The number of anilines is 1. The summed E-state index contributed by atoms with van der Waals surface area (Å²) in [5, 5.41) is 12.8. The minimum Gasteiger partial charge on any atom is -0.369 e. The van der Waals surface area contributed by atoms with Gasteiger partial charge in [-0.25, -0.2) is 0 Å². The predicted octanol–water partition coefficient (Wildman–Crippen LogP) is 3.02. The Bertz CT molecular complexity index is 1210. The molecule has 6 rings (SSSR count). The largest absolute Gasteiger partial charge is 0.369 e. The summed E-state index contributed by atoms with van der Waals surface area (Å²) in [5.74, 6) is 0. The Hall–Kier alpha value is -2.91. The fourth-order valence-electron chi connectivity index (χ4n) is 4.62. The number of piperidine rings is 1. The van der Waals surface area contributed by atoms with Gasteiger partial charge in [-0.05, 0) is 43.9 Å². The number of hydrogen-bond acceptors (Lipinski definition) is 8. The van der Waals surface area contributed by atoms with Crippen molar-refractivity contribution in [3.63, 3.8) is 0 Å². The molecule has 0 atom stereocenters. The molecule has 2 aliphatic heterocycles. The minimum absolute atomic E-state index is 0.207. The maximum atomic E-state index is 6.46. The first-order chi connectivity index (χ1) is 14.7. The van der Waals surface area contributed by atoms with Gasteiger partial charge < -0.3 is 9.64 Å². The third-order valence-corrected chi connectivity index (χ3v) is 7.46. The number of hydrogen-bond donors (Lipinski definition) is 0. The number of fused-ring (bicyclic) bond motifs is 3. The van der Waals surface area contributed by atoms with Crippen LogP contribution < -0.4 is 4.90 Å². The van der Waals surface area contributed by atoms with Gasteiger partial charge in [0.2, 0.25) is 5.65 Å². The highest BCUT2D eigenvalue weighted by Crippen LogP contribution is 2.47. The maximum Gasteiger partial charge on any atom is 0.200 e. The smallest absolute Gasteiger partial charge is 0.200 e. The predicted molar refractivity (Wildman–Crippen MR) is 114 cm³/mol. The maximum absolute atomic E-state index is 6.46. The lowest BCUT2D eigenvalue weighted by Gasteiger charge is -2.44. The van der Waals surface area contributed by atoms with E-state index in [9.17, 15) is 0 Å². The van der Waals surface area contributed by atoms with Crippen molar-refractivity contribution in [2.75, 3.05) is 24.6 Å². The Morgan fingerprint density at radius 3 is 2.90 bits per heavy atom. The molecule has 0 aromatic carbocycles. The number of aryl methyl sites for hydroxylation is 1. The van der Waals surface area contributed by atoms with Crippen LogP contribution in [-0.2, 0) is 16.8 Å². The van der Waals surface area contributed by atoms with Gasteiger partial charge in [0.1, 0.15) is 11.9 Å². The van der Waals surface area contributed by atoms with E-state index >= 15 is 0 Å². The SMILES string of the molecule is Cc1cc(N2CCC3(CC2)OCCc2cc(-c4cnccn4)sc23)c2nncn2n1. The molecule has 0 amide bonds. The summed E-state index contributed by atoms with van der Waals surface area (Å²) in [6.45, 7) is 4.59. The molecule has 9 heteroatoms. The highest BCUT2D eigenvalue weighted by atomic mass is 32.1. The van der Waals surface area contributed by atoms with Crippen molar-refractivity contribution in [3.05, 3.63) is 53.2 Å². The molecule has 1 saturated heterocycles. The summed E-state index contributed by atoms with van der Waals surface area (Å²) in [6.07, 6.45) is 9.81. The Labute approximate surface area is 177 Å².